The second kappa shape index (κ2) is 5.23. The van der Waals surface area contributed by atoms with Crippen molar-refractivity contribution >= 4 is 22.9 Å². The highest BCUT2D eigenvalue weighted by molar-refractivity contribution is 5.92. The van der Waals surface area contributed by atoms with Crippen LogP contribution in [0.3, 0.4) is 0 Å². The van der Waals surface area contributed by atoms with Crippen LogP contribution < -0.4 is 11.1 Å². The fourth-order valence-corrected chi connectivity index (χ4v) is 1.85. The van der Waals surface area contributed by atoms with Crippen LogP contribution in [0.15, 0.2) is 27.8 Å². The molecule has 8 nitrogen and oxygen atoms in total. The van der Waals surface area contributed by atoms with Gasteiger partial charge in [0.2, 0.25) is 5.91 Å². The van der Waals surface area contributed by atoms with E-state index in [1.54, 1.807) is 0 Å². The third-order valence-electron chi connectivity index (χ3n) is 3.01. The van der Waals surface area contributed by atoms with E-state index >= 15 is 0 Å². The summed E-state index contributed by atoms with van der Waals surface area (Å²) in [5, 5.41) is 8.93. The van der Waals surface area contributed by atoms with E-state index < -0.39 is 17.1 Å². The lowest BCUT2D eigenvalue weighted by atomic mass is 10.2. The number of hydrogen-bond acceptors (Lipinski definition) is 4. The number of aromatic carboxylic acids is 1. The molecule has 1 amide bonds. The Balaban J connectivity index is 2.71. The van der Waals surface area contributed by atoms with Crippen LogP contribution in [0.25, 0.3) is 11.0 Å². The molecule has 110 valence electrons. The number of amides is 1. The Morgan fingerprint density at radius 3 is 2.52 bits per heavy atom. The lowest BCUT2D eigenvalue weighted by Crippen LogP contribution is -2.40. The molecule has 2 rings (SSSR count). The number of nitrogens with zero attached hydrogens (tertiary/aromatic N) is 2. The Morgan fingerprint density at radius 2 is 1.95 bits per heavy atom. The number of H-pyrrole nitrogens is 1. The van der Waals surface area contributed by atoms with Crippen molar-refractivity contribution in [2.45, 2.75) is 6.54 Å². The first-order valence-corrected chi connectivity index (χ1v) is 6.01. The van der Waals surface area contributed by atoms with Gasteiger partial charge < -0.3 is 15.0 Å². The molecule has 21 heavy (non-hydrogen) atoms. The summed E-state index contributed by atoms with van der Waals surface area (Å²) >= 11 is 0. The molecule has 8 heteroatoms. The first-order chi connectivity index (χ1) is 9.81. The topological polar surface area (TPSA) is 112 Å². The van der Waals surface area contributed by atoms with E-state index in [4.69, 9.17) is 5.11 Å². The van der Waals surface area contributed by atoms with Crippen molar-refractivity contribution < 1.29 is 14.7 Å². The van der Waals surface area contributed by atoms with E-state index in [0.717, 1.165) is 4.57 Å². The predicted molar refractivity (Wildman–Crippen MR) is 74.5 cm³/mol. The van der Waals surface area contributed by atoms with Gasteiger partial charge in [0.05, 0.1) is 16.6 Å². The average Bonchev–Trinajstić information content (AvgIpc) is 2.42. The molecule has 0 saturated carbocycles. The Labute approximate surface area is 118 Å². The van der Waals surface area contributed by atoms with Crippen molar-refractivity contribution in [1.29, 1.82) is 0 Å². The number of nitrogens with one attached hydrogen (secondary N) is 1. The van der Waals surface area contributed by atoms with Crippen molar-refractivity contribution in [2.24, 2.45) is 0 Å². The molecule has 0 spiro atoms. The molecule has 0 fully saturated rings. The Morgan fingerprint density at radius 1 is 1.29 bits per heavy atom. The van der Waals surface area contributed by atoms with Crippen LogP contribution in [0.5, 0.6) is 0 Å². The van der Waals surface area contributed by atoms with Crippen molar-refractivity contribution in [1.82, 2.24) is 14.5 Å². The van der Waals surface area contributed by atoms with Crippen molar-refractivity contribution in [3.05, 3.63) is 44.5 Å². The fraction of sp³-hybridized carbons (Fsp3) is 0.231. The molecular formula is C13H13N3O5. The number of carboxylic acid groups (broad SMARTS) is 1. The summed E-state index contributed by atoms with van der Waals surface area (Å²) in [4.78, 5) is 49.8. The van der Waals surface area contributed by atoms with Crippen LogP contribution in [0.1, 0.15) is 10.4 Å². The zero-order valence-electron chi connectivity index (χ0n) is 11.4. The third kappa shape index (κ3) is 2.69. The van der Waals surface area contributed by atoms with Crippen LogP contribution in [0, 0.1) is 0 Å². The lowest BCUT2D eigenvalue weighted by Gasteiger charge is -2.13. The highest BCUT2D eigenvalue weighted by Crippen LogP contribution is 2.11. The number of aromatic nitrogens is 2. The molecule has 0 bridgehead atoms. The quantitative estimate of drug-likeness (QED) is 0.739. The van der Waals surface area contributed by atoms with E-state index in [9.17, 15) is 19.2 Å². The van der Waals surface area contributed by atoms with E-state index in [1.807, 2.05) is 0 Å². The summed E-state index contributed by atoms with van der Waals surface area (Å²) in [5.74, 6) is -1.51. The molecule has 0 atom stereocenters. The highest BCUT2D eigenvalue weighted by Gasteiger charge is 2.14. The Kier molecular flexibility index (Phi) is 3.62. The summed E-state index contributed by atoms with van der Waals surface area (Å²) in [7, 11) is 3.07. The van der Waals surface area contributed by atoms with Gasteiger partial charge in [-0.3, -0.25) is 19.0 Å². The van der Waals surface area contributed by atoms with Crippen LogP contribution >= 0.6 is 0 Å². The number of carbonyl (C=O) groups is 2. The molecule has 1 heterocycles. The highest BCUT2D eigenvalue weighted by atomic mass is 16.4. The van der Waals surface area contributed by atoms with Gasteiger partial charge in [-0.25, -0.2) is 4.79 Å². The molecule has 0 aliphatic rings. The standard InChI is InChI=1S/C13H13N3O5/c1-15(2)10(17)6-16-9-4-3-7(13(20)21)5-8(9)14-11(18)12(16)19/h3-5H,6H2,1-2H3,(H,14,18)(H,20,21). The smallest absolute Gasteiger partial charge is 0.335 e. The first-order valence-electron chi connectivity index (χ1n) is 6.01. The number of carboxylic acids is 1. The minimum absolute atomic E-state index is 0.0257. The van der Waals surface area contributed by atoms with E-state index in [1.165, 1.54) is 37.2 Å². The third-order valence-corrected chi connectivity index (χ3v) is 3.01. The van der Waals surface area contributed by atoms with Crippen LogP contribution in [0.4, 0.5) is 0 Å². The number of hydrogen-bond donors (Lipinski definition) is 2. The summed E-state index contributed by atoms with van der Waals surface area (Å²) in [5.41, 5.74) is -1.31. The molecule has 1 aromatic carbocycles. The molecule has 2 N–H and O–H groups in total. The van der Waals surface area contributed by atoms with E-state index in [-0.39, 0.29) is 23.5 Å². The van der Waals surface area contributed by atoms with Gasteiger partial charge in [-0.05, 0) is 18.2 Å². The van der Waals surface area contributed by atoms with Crippen molar-refractivity contribution in [3.63, 3.8) is 0 Å². The molecule has 2 aromatic rings. The molecule has 0 aliphatic carbocycles. The Bertz CT molecular complexity index is 847. The number of fused-ring (bicyclic) bond motifs is 1. The second-order valence-corrected chi connectivity index (χ2v) is 4.67. The van der Waals surface area contributed by atoms with Crippen molar-refractivity contribution in [2.75, 3.05) is 14.1 Å². The zero-order valence-corrected chi connectivity index (χ0v) is 11.4. The van der Waals surface area contributed by atoms with Crippen molar-refractivity contribution in [3.8, 4) is 0 Å². The minimum atomic E-state index is -1.15. The summed E-state index contributed by atoms with van der Waals surface area (Å²) in [6.07, 6.45) is 0. The normalized spacial score (nSPS) is 10.6. The van der Waals surface area contributed by atoms with Gasteiger partial charge in [0.15, 0.2) is 0 Å². The molecule has 0 radical (unpaired) electrons. The summed E-state index contributed by atoms with van der Waals surface area (Å²) in [6, 6.07) is 3.94. The molecule has 0 unspecified atom stereocenters. The largest absolute Gasteiger partial charge is 0.478 e. The van der Waals surface area contributed by atoms with Crippen LogP contribution in [-0.2, 0) is 11.3 Å². The van der Waals surface area contributed by atoms with Gasteiger partial charge in [-0.15, -0.1) is 0 Å². The van der Waals surface area contributed by atoms with Crippen LogP contribution in [0.2, 0.25) is 0 Å². The number of likely N-dealkylation sites (N-methyl/N-ethyl adjacent to an activating group) is 1. The van der Waals surface area contributed by atoms with Gasteiger partial charge in [0.1, 0.15) is 6.54 Å². The molecule has 1 aromatic heterocycles. The number of carbonyl (C=O) groups excluding carboxylic acids is 1. The number of benzene rings is 1. The first kappa shape index (κ1) is 14.5. The minimum Gasteiger partial charge on any atom is -0.478 e. The molecule has 0 saturated heterocycles. The van der Waals surface area contributed by atoms with E-state index in [0.29, 0.717) is 5.52 Å². The number of rotatable bonds is 3. The molecular weight excluding hydrogens is 278 g/mol. The second-order valence-electron chi connectivity index (χ2n) is 4.67. The number of aromatic amines is 1. The Hall–Kier alpha value is -2.90. The van der Waals surface area contributed by atoms with Gasteiger partial charge in [0.25, 0.3) is 0 Å². The predicted octanol–water partition coefficient (Wildman–Crippen LogP) is -0.524. The maximum Gasteiger partial charge on any atom is 0.335 e. The summed E-state index contributed by atoms with van der Waals surface area (Å²) < 4.78 is 1.03. The maximum atomic E-state index is 11.9. The van der Waals surface area contributed by atoms with Crippen LogP contribution in [-0.4, -0.2) is 45.5 Å². The van der Waals surface area contributed by atoms with Gasteiger partial charge in [0, 0.05) is 14.1 Å². The maximum absolute atomic E-state index is 11.9. The van der Waals surface area contributed by atoms with Gasteiger partial charge >= 0.3 is 17.1 Å². The van der Waals surface area contributed by atoms with Gasteiger partial charge in [-0.1, -0.05) is 0 Å². The van der Waals surface area contributed by atoms with Gasteiger partial charge in [-0.2, -0.15) is 0 Å². The monoisotopic (exact) mass is 291 g/mol. The zero-order chi connectivity index (χ0) is 15.7. The SMILES string of the molecule is CN(C)C(=O)Cn1c(=O)c(=O)[nH]c2cc(C(=O)O)ccc21. The lowest BCUT2D eigenvalue weighted by molar-refractivity contribution is -0.129. The average molecular weight is 291 g/mol. The summed E-state index contributed by atoms with van der Waals surface area (Å²) in [6.45, 7) is -0.293. The molecule has 0 aliphatic heterocycles. The fourth-order valence-electron chi connectivity index (χ4n) is 1.85. The van der Waals surface area contributed by atoms with E-state index in [2.05, 4.69) is 4.98 Å².